The van der Waals surface area contributed by atoms with E-state index in [1.165, 1.54) is 0 Å². The van der Waals surface area contributed by atoms with Gasteiger partial charge in [-0.2, -0.15) is 5.10 Å². The van der Waals surface area contributed by atoms with Crippen LogP contribution in [0.1, 0.15) is 27.3 Å². The first kappa shape index (κ1) is 16.7. The molecule has 0 saturated heterocycles. The number of carbonyl (C=O) groups is 1. The average molecular weight is 332 g/mol. The van der Waals surface area contributed by atoms with Crippen molar-refractivity contribution in [2.24, 2.45) is 0 Å². The van der Waals surface area contributed by atoms with Crippen molar-refractivity contribution in [3.63, 3.8) is 0 Å². The van der Waals surface area contributed by atoms with Gasteiger partial charge in [0.1, 0.15) is 6.61 Å². The Bertz CT molecular complexity index is 878. The number of aryl methyl sites for hydroxylation is 2. The molecule has 1 heterocycles. The first-order valence-corrected chi connectivity index (χ1v) is 8.16. The van der Waals surface area contributed by atoms with Crippen molar-refractivity contribution in [2.75, 3.05) is 6.61 Å². The normalized spacial score (nSPS) is 11.0. The fourth-order valence-corrected chi connectivity index (χ4v) is 2.58. The third kappa shape index (κ3) is 4.23. The Morgan fingerprint density at radius 2 is 1.80 bits per heavy atom. The summed E-state index contributed by atoms with van der Waals surface area (Å²) in [5.74, 6) is -0.336. The van der Waals surface area contributed by atoms with Gasteiger partial charge in [-0.15, -0.1) is 0 Å². The Balaban J connectivity index is 1.59. The summed E-state index contributed by atoms with van der Waals surface area (Å²) in [5.41, 5.74) is 4.54. The maximum absolute atomic E-state index is 12.1. The predicted octanol–water partition coefficient (Wildman–Crippen LogP) is 4.36. The Labute approximate surface area is 147 Å². The molecule has 0 spiro atoms. The van der Waals surface area contributed by atoms with Crippen LogP contribution >= 0.6 is 0 Å². The predicted molar refractivity (Wildman–Crippen MR) is 98.8 cm³/mol. The molecule has 0 aliphatic rings. The summed E-state index contributed by atoms with van der Waals surface area (Å²) in [6.07, 6.45) is 3.76. The van der Waals surface area contributed by atoms with E-state index >= 15 is 0 Å². The zero-order chi connectivity index (χ0) is 17.6. The Morgan fingerprint density at radius 3 is 2.44 bits per heavy atom. The molecule has 1 aromatic heterocycles. The summed E-state index contributed by atoms with van der Waals surface area (Å²) in [5, 5.41) is 4.44. The highest BCUT2D eigenvalue weighted by Gasteiger charge is 2.08. The summed E-state index contributed by atoms with van der Waals surface area (Å²) in [4.78, 5) is 12.1. The molecule has 0 amide bonds. The van der Waals surface area contributed by atoms with Gasteiger partial charge in [0.15, 0.2) is 0 Å². The summed E-state index contributed by atoms with van der Waals surface area (Å²) >= 11 is 0. The minimum Gasteiger partial charge on any atom is -0.458 e. The molecule has 126 valence electrons. The van der Waals surface area contributed by atoms with Gasteiger partial charge in [-0.25, -0.2) is 9.48 Å². The van der Waals surface area contributed by atoms with Crippen LogP contribution in [0.2, 0.25) is 0 Å². The highest BCUT2D eigenvalue weighted by molar-refractivity contribution is 5.89. The van der Waals surface area contributed by atoms with Crippen LogP contribution < -0.4 is 0 Å². The van der Waals surface area contributed by atoms with Gasteiger partial charge in [-0.1, -0.05) is 36.4 Å². The van der Waals surface area contributed by atoms with Crippen LogP contribution in [0, 0.1) is 13.8 Å². The van der Waals surface area contributed by atoms with Gasteiger partial charge in [0, 0.05) is 5.69 Å². The zero-order valence-electron chi connectivity index (χ0n) is 14.3. The number of hydrogen-bond donors (Lipinski definition) is 0. The van der Waals surface area contributed by atoms with Crippen LogP contribution in [0.5, 0.6) is 0 Å². The lowest BCUT2D eigenvalue weighted by Crippen LogP contribution is -2.06. The quantitative estimate of drug-likeness (QED) is 0.652. The smallest absolute Gasteiger partial charge is 0.338 e. The van der Waals surface area contributed by atoms with E-state index in [0.29, 0.717) is 5.56 Å². The average Bonchev–Trinajstić information content (AvgIpc) is 2.98. The number of rotatable bonds is 5. The third-order valence-electron chi connectivity index (χ3n) is 3.78. The Morgan fingerprint density at radius 1 is 1.08 bits per heavy atom. The highest BCUT2D eigenvalue weighted by Crippen LogP contribution is 2.13. The molecule has 0 bridgehead atoms. The second kappa shape index (κ2) is 7.62. The summed E-state index contributed by atoms with van der Waals surface area (Å²) in [6.45, 7) is 4.20. The van der Waals surface area contributed by atoms with E-state index in [4.69, 9.17) is 4.74 Å². The summed E-state index contributed by atoms with van der Waals surface area (Å²) < 4.78 is 7.13. The zero-order valence-corrected chi connectivity index (χ0v) is 14.3. The van der Waals surface area contributed by atoms with Crippen LogP contribution in [0.25, 0.3) is 11.8 Å². The maximum atomic E-state index is 12.1. The standard InChI is InChI=1S/C21H20N2O2/c1-16-15-17(2)23(22-16)20-12-10-19(11-13-20)21(24)25-14-6-9-18-7-4-3-5-8-18/h3-13,15H,14H2,1-2H3/b9-6+. The first-order valence-electron chi connectivity index (χ1n) is 8.16. The van der Waals surface area contributed by atoms with Crippen LogP contribution in [-0.4, -0.2) is 22.4 Å². The van der Waals surface area contributed by atoms with Crippen molar-refractivity contribution in [2.45, 2.75) is 13.8 Å². The molecular weight excluding hydrogens is 312 g/mol. The van der Waals surface area contributed by atoms with Gasteiger partial charge in [0.25, 0.3) is 0 Å². The van der Waals surface area contributed by atoms with Crippen molar-refractivity contribution in [3.8, 4) is 5.69 Å². The minimum absolute atomic E-state index is 0.243. The molecule has 4 nitrogen and oxygen atoms in total. The molecule has 0 aliphatic carbocycles. The fraction of sp³-hybridized carbons (Fsp3) is 0.143. The molecular formula is C21H20N2O2. The van der Waals surface area contributed by atoms with Gasteiger partial charge in [0.2, 0.25) is 0 Å². The molecule has 0 fully saturated rings. The van der Waals surface area contributed by atoms with Gasteiger partial charge in [0.05, 0.1) is 16.9 Å². The summed E-state index contributed by atoms with van der Waals surface area (Å²) in [6, 6.07) is 19.2. The molecule has 0 saturated carbocycles. The molecule has 2 aromatic carbocycles. The van der Waals surface area contributed by atoms with E-state index in [1.54, 1.807) is 12.1 Å². The number of benzene rings is 2. The monoisotopic (exact) mass is 332 g/mol. The van der Waals surface area contributed by atoms with Crippen molar-refractivity contribution >= 4 is 12.0 Å². The number of carbonyl (C=O) groups excluding carboxylic acids is 1. The second-order valence-corrected chi connectivity index (χ2v) is 5.80. The lowest BCUT2D eigenvalue weighted by molar-refractivity contribution is 0.0550. The number of nitrogens with zero attached hydrogens (tertiary/aromatic N) is 2. The number of aromatic nitrogens is 2. The van der Waals surface area contributed by atoms with E-state index in [-0.39, 0.29) is 12.6 Å². The van der Waals surface area contributed by atoms with E-state index < -0.39 is 0 Å². The van der Waals surface area contributed by atoms with Crippen LogP contribution in [-0.2, 0) is 4.74 Å². The maximum Gasteiger partial charge on any atom is 0.338 e. The molecule has 25 heavy (non-hydrogen) atoms. The molecule has 0 N–H and O–H groups in total. The summed E-state index contributed by atoms with van der Waals surface area (Å²) in [7, 11) is 0. The van der Waals surface area contributed by atoms with Gasteiger partial charge < -0.3 is 4.74 Å². The number of hydrogen-bond acceptors (Lipinski definition) is 3. The van der Waals surface area contributed by atoms with Crippen LogP contribution in [0.15, 0.2) is 66.7 Å². The highest BCUT2D eigenvalue weighted by atomic mass is 16.5. The van der Waals surface area contributed by atoms with Crippen LogP contribution in [0.4, 0.5) is 0 Å². The molecule has 0 radical (unpaired) electrons. The van der Waals surface area contributed by atoms with Crippen molar-refractivity contribution in [3.05, 3.63) is 89.3 Å². The van der Waals surface area contributed by atoms with Crippen molar-refractivity contribution in [1.29, 1.82) is 0 Å². The first-order chi connectivity index (χ1) is 12.1. The van der Waals surface area contributed by atoms with Gasteiger partial charge in [-0.05, 0) is 55.8 Å². The number of esters is 1. The van der Waals surface area contributed by atoms with Crippen molar-refractivity contribution < 1.29 is 9.53 Å². The molecule has 0 aliphatic heterocycles. The van der Waals surface area contributed by atoms with Gasteiger partial charge >= 0.3 is 5.97 Å². The van der Waals surface area contributed by atoms with Crippen LogP contribution in [0.3, 0.4) is 0 Å². The molecule has 0 unspecified atom stereocenters. The Kier molecular flexibility index (Phi) is 5.09. The minimum atomic E-state index is -0.336. The van der Waals surface area contributed by atoms with Gasteiger partial charge in [-0.3, -0.25) is 0 Å². The molecule has 0 atom stereocenters. The fourth-order valence-electron chi connectivity index (χ4n) is 2.58. The van der Waals surface area contributed by atoms with E-state index in [9.17, 15) is 4.79 Å². The van der Waals surface area contributed by atoms with Crippen molar-refractivity contribution in [1.82, 2.24) is 9.78 Å². The Hall–Kier alpha value is -3.14. The van der Waals surface area contributed by atoms with E-state index in [2.05, 4.69) is 5.10 Å². The molecule has 4 heteroatoms. The SMILES string of the molecule is Cc1cc(C)n(-c2ccc(C(=O)OC/C=C/c3ccccc3)cc2)n1. The second-order valence-electron chi connectivity index (χ2n) is 5.80. The molecule has 3 rings (SSSR count). The topological polar surface area (TPSA) is 44.1 Å². The molecule has 3 aromatic rings. The van der Waals surface area contributed by atoms with E-state index in [1.807, 2.05) is 79.2 Å². The number of ether oxygens (including phenoxy) is 1. The van der Waals surface area contributed by atoms with E-state index in [0.717, 1.165) is 22.6 Å². The largest absolute Gasteiger partial charge is 0.458 e. The lowest BCUT2D eigenvalue weighted by Gasteiger charge is -2.06. The lowest BCUT2D eigenvalue weighted by atomic mass is 10.2. The third-order valence-corrected chi connectivity index (χ3v) is 3.78.